The van der Waals surface area contributed by atoms with Crippen molar-refractivity contribution >= 4 is 11.6 Å². The molecule has 0 bridgehead atoms. The predicted octanol–water partition coefficient (Wildman–Crippen LogP) is 2.58. The Morgan fingerprint density at radius 1 is 1.33 bits per heavy atom. The number of anilines is 1. The maximum Gasteiger partial charge on any atom is 0.248 e. The summed E-state index contributed by atoms with van der Waals surface area (Å²) in [5.74, 6) is 0.139. The van der Waals surface area contributed by atoms with E-state index in [4.69, 9.17) is 10.5 Å². The molecule has 0 aliphatic heterocycles. The Morgan fingerprint density at radius 2 is 2.14 bits per heavy atom. The third-order valence-corrected chi connectivity index (χ3v) is 2.81. The van der Waals surface area contributed by atoms with Crippen molar-refractivity contribution in [1.82, 2.24) is 4.98 Å². The van der Waals surface area contributed by atoms with Crippen molar-refractivity contribution in [3.05, 3.63) is 53.7 Å². The molecule has 0 saturated heterocycles. The number of rotatable bonds is 6. The number of primary amides is 1. The van der Waals surface area contributed by atoms with Gasteiger partial charge in [0.25, 0.3) is 0 Å². The van der Waals surface area contributed by atoms with Gasteiger partial charge in [-0.15, -0.1) is 0 Å². The molecule has 0 aliphatic rings. The predicted molar refractivity (Wildman–Crippen MR) is 82.3 cm³/mol. The Morgan fingerprint density at radius 3 is 2.86 bits per heavy atom. The van der Waals surface area contributed by atoms with E-state index in [0.717, 1.165) is 11.3 Å². The molecule has 5 nitrogen and oxygen atoms in total. The van der Waals surface area contributed by atoms with E-state index in [2.05, 4.69) is 10.3 Å². The van der Waals surface area contributed by atoms with Gasteiger partial charge < -0.3 is 15.8 Å². The van der Waals surface area contributed by atoms with Crippen LogP contribution >= 0.6 is 0 Å². The quantitative estimate of drug-likeness (QED) is 0.855. The summed E-state index contributed by atoms with van der Waals surface area (Å²) in [4.78, 5) is 15.4. The van der Waals surface area contributed by atoms with Crippen LogP contribution in [0.5, 0.6) is 5.88 Å². The Hall–Kier alpha value is -2.56. The van der Waals surface area contributed by atoms with Crippen molar-refractivity contribution in [2.24, 2.45) is 5.73 Å². The molecule has 0 saturated carbocycles. The first kappa shape index (κ1) is 14.8. The fraction of sp³-hybridized carbons (Fsp3) is 0.250. The van der Waals surface area contributed by atoms with Crippen molar-refractivity contribution in [1.29, 1.82) is 0 Å². The van der Waals surface area contributed by atoms with Crippen molar-refractivity contribution in [3.8, 4) is 5.88 Å². The molecule has 5 heteroatoms. The van der Waals surface area contributed by atoms with E-state index in [1.807, 2.05) is 38.1 Å². The number of aromatic nitrogens is 1. The molecule has 1 heterocycles. The highest BCUT2D eigenvalue weighted by molar-refractivity contribution is 5.92. The van der Waals surface area contributed by atoms with Gasteiger partial charge in [-0.25, -0.2) is 4.98 Å². The molecule has 0 unspecified atom stereocenters. The van der Waals surface area contributed by atoms with E-state index >= 15 is 0 Å². The summed E-state index contributed by atoms with van der Waals surface area (Å²) in [7, 11) is 0. The average molecular weight is 285 g/mol. The SMILES string of the molecule is CC(C)Oc1ncccc1NCc1cccc(C(N)=O)c1. The molecule has 0 fully saturated rings. The maximum absolute atomic E-state index is 11.2. The van der Waals surface area contributed by atoms with Crippen molar-refractivity contribution < 1.29 is 9.53 Å². The van der Waals surface area contributed by atoms with Crippen LogP contribution in [0, 0.1) is 0 Å². The second-order valence-corrected chi connectivity index (χ2v) is 4.94. The molecular formula is C16H19N3O2. The second kappa shape index (κ2) is 6.74. The topological polar surface area (TPSA) is 77.2 Å². The number of nitrogens with zero attached hydrogens (tertiary/aromatic N) is 1. The molecule has 110 valence electrons. The minimum absolute atomic E-state index is 0.0543. The summed E-state index contributed by atoms with van der Waals surface area (Å²) in [6.07, 6.45) is 1.75. The molecule has 0 spiro atoms. The third-order valence-electron chi connectivity index (χ3n) is 2.81. The molecular weight excluding hydrogens is 266 g/mol. The van der Waals surface area contributed by atoms with Gasteiger partial charge in [-0.2, -0.15) is 0 Å². The molecule has 2 aromatic rings. The minimum atomic E-state index is -0.429. The van der Waals surface area contributed by atoms with E-state index in [-0.39, 0.29) is 6.10 Å². The molecule has 0 radical (unpaired) electrons. The van der Waals surface area contributed by atoms with Gasteiger partial charge >= 0.3 is 0 Å². The number of nitrogens with two attached hydrogens (primary N) is 1. The van der Waals surface area contributed by atoms with Crippen molar-refractivity contribution in [2.75, 3.05) is 5.32 Å². The highest BCUT2D eigenvalue weighted by Gasteiger charge is 2.07. The summed E-state index contributed by atoms with van der Waals surface area (Å²) >= 11 is 0. The summed E-state index contributed by atoms with van der Waals surface area (Å²) in [5.41, 5.74) is 7.56. The van der Waals surface area contributed by atoms with Crippen LogP contribution in [0.4, 0.5) is 5.69 Å². The van der Waals surface area contributed by atoms with Gasteiger partial charge in [-0.1, -0.05) is 12.1 Å². The Kier molecular flexibility index (Phi) is 4.77. The van der Waals surface area contributed by atoms with Crippen LogP contribution in [-0.4, -0.2) is 17.0 Å². The van der Waals surface area contributed by atoms with Crippen LogP contribution in [0.3, 0.4) is 0 Å². The second-order valence-electron chi connectivity index (χ2n) is 4.94. The van der Waals surface area contributed by atoms with Crippen LogP contribution < -0.4 is 15.8 Å². The average Bonchev–Trinajstić information content (AvgIpc) is 2.46. The summed E-state index contributed by atoms with van der Waals surface area (Å²) in [6, 6.07) is 11.0. The third kappa shape index (κ3) is 4.21. The first-order valence-electron chi connectivity index (χ1n) is 6.80. The Balaban J connectivity index is 2.09. The van der Waals surface area contributed by atoms with Crippen molar-refractivity contribution in [3.63, 3.8) is 0 Å². The lowest BCUT2D eigenvalue weighted by Gasteiger charge is -2.14. The fourth-order valence-electron chi connectivity index (χ4n) is 1.87. The Bertz CT molecular complexity index is 626. The monoisotopic (exact) mass is 285 g/mol. The molecule has 21 heavy (non-hydrogen) atoms. The largest absolute Gasteiger partial charge is 0.473 e. The first-order chi connectivity index (χ1) is 10.1. The highest BCUT2D eigenvalue weighted by Crippen LogP contribution is 2.22. The maximum atomic E-state index is 11.2. The van der Waals surface area contributed by atoms with Crippen LogP contribution in [-0.2, 0) is 6.54 Å². The number of hydrogen-bond donors (Lipinski definition) is 2. The van der Waals surface area contributed by atoms with E-state index in [9.17, 15) is 4.79 Å². The summed E-state index contributed by atoms with van der Waals surface area (Å²) < 4.78 is 5.65. The minimum Gasteiger partial charge on any atom is -0.473 e. The standard InChI is InChI=1S/C16H19N3O2/c1-11(2)21-16-14(7-4-8-18-16)19-10-12-5-3-6-13(9-12)15(17)20/h3-9,11,19H,10H2,1-2H3,(H2,17,20). The molecule has 1 amide bonds. The fourth-order valence-corrected chi connectivity index (χ4v) is 1.87. The molecule has 1 aromatic carbocycles. The number of amides is 1. The number of benzene rings is 1. The van der Waals surface area contributed by atoms with Gasteiger partial charge in [0.15, 0.2) is 0 Å². The number of hydrogen-bond acceptors (Lipinski definition) is 4. The van der Waals surface area contributed by atoms with Crippen LogP contribution in [0.25, 0.3) is 0 Å². The number of nitrogens with one attached hydrogen (secondary N) is 1. The molecule has 0 atom stereocenters. The van der Waals surface area contributed by atoms with Gasteiger partial charge in [0.05, 0.1) is 11.8 Å². The zero-order valence-corrected chi connectivity index (χ0v) is 12.2. The van der Waals surface area contributed by atoms with Crippen LogP contribution in [0.2, 0.25) is 0 Å². The lowest BCUT2D eigenvalue weighted by atomic mass is 10.1. The van der Waals surface area contributed by atoms with E-state index in [1.54, 1.807) is 18.3 Å². The smallest absolute Gasteiger partial charge is 0.248 e. The summed E-state index contributed by atoms with van der Waals surface area (Å²) in [6.45, 7) is 4.46. The van der Waals surface area contributed by atoms with Gasteiger partial charge in [0.1, 0.15) is 0 Å². The van der Waals surface area contributed by atoms with Crippen LogP contribution in [0.1, 0.15) is 29.8 Å². The normalized spacial score (nSPS) is 10.4. The van der Waals surface area contributed by atoms with Gasteiger partial charge in [0, 0.05) is 18.3 Å². The number of carbonyl (C=O) groups excluding carboxylic acids is 1. The first-order valence-corrected chi connectivity index (χ1v) is 6.80. The van der Waals surface area contributed by atoms with Gasteiger partial charge in [-0.3, -0.25) is 4.79 Å². The molecule has 2 rings (SSSR count). The molecule has 3 N–H and O–H groups in total. The van der Waals surface area contributed by atoms with E-state index in [1.165, 1.54) is 0 Å². The van der Waals surface area contributed by atoms with E-state index < -0.39 is 5.91 Å². The van der Waals surface area contributed by atoms with Gasteiger partial charge in [-0.05, 0) is 43.7 Å². The van der Waals surface area contributed by atoms with Crippen molar-refractivity contribution in [2.45, 2.75) is 26.5 Å². The number of pyridine rings is 1. The number of ether oxygens (including phenoxy) is 1. The molecule has 0 aliphatic carbocycles. The van der Waals surface area contributed by atoms with E-state index in [0.29, 0.717) is 18.0 Å². The lowest BCUT2D eigenvalue weighted by Crippen LogP contribution is -2.12. The van der Waals surface area contributed by atoms with Gasteiger partial charge in [0.2, 0.25) is 11.8 Å². The highest BCUT2D eigenvalue weighted by atomic mass is 16.5. The lowest BCUT2D eigenvalue weighted by molar-refractivity contribution is 0.1000. The Labute approximate surface area is 124 Å². The van der Waals surface area contributed by atoms with Crippen LogP contribution in [0.15, 0.2) is 42.6 Å². The number of carbonyl (C=O) groups is 1. The summed E-state index contributed by atoms with van der Waals surface area (Å²) in [5, 5.41) is 3.26. The zero-order valence-electron chi connectivity index (χ0n) is 12.2. The molecule has 1 aromatic heterocycles. The zero-order chi connectivity index (χ0) is 15.2.